The Morgan fingerprint density at radius 1 is 1.07 bits per heavy atom. The second-order valence-corrected chi connectivity index (χ2v) is 8.17. The normalized spacial score (nSPS) is 15.1. The summed E-state index contributed by atoms with van der Waals surface area (Å²) in [7, 11) is 2.09. The standard InChI is InChI=1S/C20H25N7/c1-13-22-18-15(7-6-10-21-18)19(23-13)26(5)14-11-27(12-14)17-9-8-16(24-25-17)20(2,3)4/h6-10,14H,11-12H2,1-5H3. The molecule has 0 unspecified atom stereocenters. The van der Waals surface area contributed by atoms with E-state index in [1.807, 2.05) is 19.1 Å². The molecule has 0 saturated carbocycles. The van der Waals surface area contributed by atoms with Gasteiger partial charge in [-0.2, -0.15) is 5.10 Å². The van der Waals surface area contributed by atoms with E-state index in [4.69, 9.17) is 0 Å². The number of rotatable bonds is 3. The zero-order chi connectivity index (χ0) is 19.2. The predicted octanol–water partition coefficient (Wildman–Crippen LogP) is 2.75. The number of hydrogen-bond acceptors (Lipinski definition) is 7. The summed E-state index contributed by atoms with van der Waals surface area (Å²) in [5.74, 6) is 2.60. The Balaban J connectivity index is 1.50. The van der Waals surface area contributed by atoms with Crippen LogP contribution in [0, 0.1) is 6.92 Å². The molecule has 0 spiro atoms. The molecule has 0 amide bonds. The van der Waals surface area contributed by atoms with E-state index in [9.17, 15) is 0 Å². The van der Waals surface area contributed by atoms with Crippen molar-refractivity contribution in [3.63, 3.8) is 0 Å². The van der Waals surface area contributed by atoms with Gasteiger partial charge < -0.3 is 9.80 Å². The van der Waals surface area contributed by atoms with Gasteiger partial charge in [-0.15, -0.1) is 5.10 Å². The topological polar surface area (TPSA) is 70.9 Å². The Morgan fingerprint density at radius 2 is 1.85 bits per heavy atom. The molecule has 0 aliphatic carbocycles. The highest BCUT2D eigenvalue weighted by Gasteiger charge is 2.33. The molecule has 0 aromatic carbocycles. The van der Waals surface area contributed by atoms with Crippen LogP contribution in [0.1, 0.15) is 32.3 Å². The van der Waals surface area contributed by atoms with Gasteiger partial charge in [0.2, 0.25) is 0 Å². The van der Waals surface area contributed by atoms with Gasteiger partial charge in [-0.05, 0) is 31.2 Å². The van der Waals surface area contributed by atoms with Crippen LogP contribution in [0.15, 0.2) is 30.5 Å². The molecule has 3 aromatic heterocycles. The summed E-state index contributed by atoms with van der Waals surface area (Å²) in [6.07, 6.45) is 1.77. The molecule has 4 rings (SSSR count). The Labute approximate surface area is 159 Å². The quantitative estimate of drug-likeness (QED) is 0.708. The molecule has 1 saturated heterocycles. The molecule has 3 aromatic rings. The lowest BCUT2D eigenvalue weighted by Crippen LogP contribution is -2.59. The van der Waals surface area contributed by atoms with Crippen molar-refractivity contribution in [2.45, 2.75) is 39.2 Å². The highest BCUT2D eigenvalue weighted by atomic mass is 15.4. The van der Waals surface area contributed by atoms with E-state index in [-0.39, 0.29) is 5.41 Å². The monoisotopic (exact) mass is 363 g/mol. The number of aryl methyl sites for hydroxylation is 1. The Kier molecular flexibility index (Phi) is 4.17. The van der Waals surface area contributed by atoms with Crippen LogP contribution in [0.3, 0.4) is 0 Å². The van der Waals surface area contributed by atoms with Crippen molar-refractivity contribution in [2.75, 3.05) is 29.9 Å². The minimum absolute atomic E-state index is 0.0171. The molecule has 7 nitrogen and oxygen atoms in total. The molecule has 1 aliphatic rings. The third-order valence-electron chi connectivity index (χ3n) is 5.05. The van der Waals surface area contributed by atoms with Gasteiger partial charge in [-0.3, -0.25) is 0 Å². The van der Waals surface area contributed by atoms with Crippen molar-refractivity contribution < 1.29 is 0 Å². The van der Waals surface area contributed by atoms with Gasteiger partial charge in [0.05, 0.1) is 17.1 Å². The van der Waals surface area contributed by atoms with E-state index in [2.05, 4.69) is 74.9 Å². The summed E-state index contributed by atoms with van der Waals surface area (Å²) in [5, 5.41) is 9.80. The van der Waals surface area contributed by atoms with Crippen LogP contribution in [0.4, 0.5) is 11.6 Å². The lowest BCUT2D eigenvalue weighted by Gasteiger charge is -2.45. The van der Waals surface area contributed by atoms with Gasteiger partial charge in [-0.25, -0.2) is 15.0 Å². The Hall–Kier alpha value is -2.83. The molecule has 140 valence electrons. The smallest absolute Gasteiger partial charge is 0.164 e. The molecule has 4 heterocycles. The van der Waals surface area contributed by atoms with Gasteiger partial charge in [-0.1, -0.05) is 20.8 Å². The van der Waals surface area contributed by atoms with Gasteiger partial charge in [0.15, 0.2) is 11.5 Å². The first-order valence-electron chi connectivity index (χ1n) is 9.24. The first kappa shape index (κ1) is 17.6. The first-order chi connectivity index (χ1) is 12.8. The summed E-state index contributed by atoms with van der Waals surface area (Å²) in [5.41, 5.74) is 1.77. The first-order valence-corrected chi connectivity index (χ1v) is 9.24. The zero-order valence-electron chi connectivity index (χ0n) is 16.5. The minimum Gasteiger partial charge on any atom is -0.352 e. The van der Waals surface area contributed by atoms with Gasteiger partial charge >= 0.3 is 0 Å². The van der Waals surface area contributed by atoms with E-state index in [0.29, 0.717) is 6.04 Å². The van der Waals surface area contributed by atoms with Crippen molar-refractivity contribution in [1.82, 2.24) is 25.1 Å². The van der Waals surface area contributed by atoms with Crippen LogP contribution in [-0.4, -0.2) is 51.3 Å². The molecule has 1 fully saturated rings. The number of hydrogen-bond donors (Lipinski definition) is 0. The average Bonchev–Trinajstić information content (AvgIpc) is 2.59. The van der Waals surface area contributed by atoms with Crippen molar-refractivity contribution in [1.29, 1.82) is 0 Å². The van der Waals surface area contributed by atoms with Gasteiger partial charge in [0, 0.05) is 31.7 Å². The average molecular weight is 363 g/mol. The summed E-state index contributed by atoms with van der Waals surface area (Å²) in [6, 6.07) is 8.47. The van der Waals surface area contributed by atoms with E-state index >= 15 is 0 Å². The number of aromatic nitrogens is 5. The minimum atomic E-state index is 0.0171. The fourth-order valence-electron chi connectivity index (χ4n) is 3.28. The van der Waals surface area contributed by atoms with Crippen molar-refractivity contribution >= 4 is 22.7 Å². The van der Waals surface area contributed by atoms with E-state index in [0.717, 1.165) is 47.3 Å². The van der Waals surface area contributed by atoms with E-state index < -0.39 is 0 Å². The van der Waals surface area contributed by atoms with Crippen molar-refractivity contribution in [2.24, 2.45) is 0 Å². The molecular weight excluding hydrogens is 338 g/mol. The maximum atomic E-state index is 4.67. The summed E-state index contributed by atoms with van der Waals surface area (Å²) in [6.45, 7) is 10.1. The van der Waals surface area contributed by atoms with Gasteiger partial charge in [0.1, 0.15) is 11.6 Å². The molecular formula is C20H25N7. The summed E-state index contributed by atoms with van der Waals surface area (Å²) < 4.78 is 0. The van der Waals surface area contributed by atoms with Crippen LogP contribution < -0.4 is 9.80 Å². The maximum absolute atomic E-state index is 4.67. The van der Waals surface area contributed by atoms with Crippen molar-refractivity contribution in [3.05, 3.63) is 42.0 Å². The maximum Gasteiger partial charge on any atom is 0.164 e. The Bertz CT molecular complexity index is 956. The number of anilines is 2. The third kappa shape index (κ3) is 3.29. The Morgan fingerprint density at radius 3 is 2.52 bits per heavy atom. The second kappa shape index (κ2) is 6.40. The predicted molar refractivity (Wildman–Crippen MR) is 107 cm³/mol. The fourth-order valence-corrected chi connectivity index (χ4v) is 3.28. The highest BCUT2D eigenvalue weighted by Crippen LogP contribution is 2.28. The summed E-state index contributed by atoms with van der Waals surface area (Å²) in [4.78, 5) is 17.9. The van der Waals surface area contributed by atoms with Crippen molar-refractivity contribution in [3.8, 4) is 0 Å². The SMILES string of the molecule is Cc1nc(N(C)C2CN(c3ccc(C(C)(C)C)nn3)C2)c2cccnc2n1. The van der Waals surface area contributed by atoms with Crippen LogP contribution >= 0.6 is 0 Å². The fraction of sp³-hybridized carbons (Fsp3) is 0.450. The number of fused-ring (bicyclic) bond motifs is 1. The van der Waals surface area contributed by atoms with Crippen LogP contribution in [0.25, 0.3) is 11.0 Å². The number of pyridine rings is 1. The van der Waals surface area contributed by atoms with E-state index in [1.54, 1.807) is 6.20 Å². The lowest BCUT2D eigenvalue weighted by molar-refractivity contribution is 0.485. The molecule has 7 heteroatoms. The molecule has 0 radical (unpaired) electrons. The molecule has 27 heavy (non-hydrogen) atoms. The molecule has 0 bridgehead atoms. The molecule has 0 N–H and O–H groups in total. The van der Waals surface area contributed by atoms with Crippen LogP contribution in [-0.2, 0) is 5.41 Å². The van der Waals surface area contributed by atoms with Gasteiger partial charge in [0.25, 0.3) is 0 Å². The number of likely N-dealkylation sites (N-methyl/N-ethyl adjacent to an activating group) is 1. The van der Waals surface area contributed by atoms with Crippen LogP contribution in [0.2, 0.25) is 0 Å². The molecule has 0 atom stereocenters. The molecule has 1 aliphatic heterocycles. The number of nitrogens with zero attached hydrogens (tertiary/aromatic N) is 7. The highest BCUT2D eigenvalue weighted by molar-refractivity contribution is 5.87. The summed E-state index contributed by atoms with van der Waals surface area (Å²) >= 11 is 0. The largest absolute Gasteiger partial charge is 0.352 e. The third-order valence-corrected chi connectivity index (χ3v) is 5.05. The lowest BCUT2D eigenvalue weighted by atomic mass is 9.92. The second-order valence-electron chi connectivity index (χ2n) is 8.17. The van der Waals surface area contributed by atoms with Crippen LogP contribution in [0.5, 0.6) is 0 Å². The zero-order valence-corrected chi connectivity index (χ0v) is 16.5. The van der Waals surface area contributed by atoms with E-state index in [1.165, 1.54) is 0 Å².